The Balaban J connectivity index is 1.38. The van der Waals surface area contributed by atoms with Crippen molar-refractivity contribution in [3.63, 3.8) is 0 Å². The summed E-state index contributed by atoms with van der Waals surface area (Å²) in [5.74, 6) is 0.110. The summed E-state index contributed by atoms with van der Waals surface area (Å²) < 4.78 is 12.9. The summed E-state index contributed by atoms with van der Waals surface area (Å²) >= 11 is 1.40. The molecule has 144 valence electrons. The molecule has 0 aromatic carbocycles. The Morgan fingerprint density at radius 2 is 2.14 bits per heavy atom. The molecule has 0 bridgehead atoms. The van der Waals surface area contributed by atoms with Gasteiger partial charge in [0.25, 0.3) is 0 Å². The van der Waals surface area contributed by atoms with E-state index in [1.54, 1.807) is 18.5 Å². The predicted octanol–water partition coefficient (Wildman–Crippen LogP) is 3.59. The molecule has 4 rings (SSSR count). The van der Waals surface area contributed by atoms with Crippen molar-refractivity contribution in [3.05, 3.63) is 59.7 Å². The Labute approximate surface area is 165 Å². The van der Waals surface area contributed by atoms with Crippen LogP contribution >= 0.6 is 11.3 Å². The van der Waals surface area contributed by atoms with Crippen LogP contribution in [0.1, 0.15) is 24.6 Å². The van der Waals surface area contributed by atoms with Crippen molar-refractivity contribution >= 4 is 33.9 Å². The highest BCUT2D eigenvalue weighted by molar-refractivity contribution is 7.13. The van der Waals surface area contributed by atoms with Crippen molar-refractivity contribution in [1.29, 1.82) is 0 Å². The van der Waals surface area contributed by atoms with E-state index in [1.165, 1.54) is 17.4 Å². The van der Waals surface area contributed by atoms with Crippen LogP contribution in [0.3, 0.4) is 0 Å². The number of amides is 1. The minimum absolute atomic E-state index is 0.0671. The number of hydrogen-bond donors (Lipinski definition) is 2. The monoisotopic (exact) mass is 398 g/mol. The molecule has 7 nitrogen and oxygen atoms in total. The number of halogens is 1. The van der Waals surface area contributed by atoms with Crippen LogP contribution in [0.5, 0.6) is 0 Å². The quantitative estimate of drug-likeness (QED) is 0.660. The number of carbonyl (C=O) groups excluding carboxylic acids is 1. The number of aromatic nitrogens is 3. The molecule has 2 N–H and O–H groups in total. The number of thiazole rings is 1. The van der Waals surface area contributed by atoms with Crippen molar-refractivity contribution < 1.29 is 9.18 Å². The van der Waals surface area contributed by atoms with Gasteiger partial charge in [-0.2, -0.15) is 0 Å². The molecule has 4 heterocycles. The van der Waals surface area contributed by atoms with Gasteiger partial charge in [-0.15, -0.1) is 11.3 Å². The van der Waals surface area contributed by atoms with Crippen LogP contribution in [0, 0.1) is 5.82 Å². The molecule has 0 unspecified atom stereocenters. The summed E-state index contributed by atoms with van der Waals surface area (Å²) in [6.45, 7) is 1.17. The second-order valence-electron chi connectivity index (χ2n) is 6.47. The van der Waals surface area contributed by atoms with Crippen molar-refractivity contribution in [3.8, 4) is 0 Å². The summed E-state index contributed by atoms with van der Waals surface area (Å²) in [5, 5.41) is 8.36. The zero-order valence-corrected chi connectivity index (χ0v) is 15.8. The second-order valence-corrected chi connectivity index (χ2v) is 7.37. The van der Waals surface area contributed by atoms with Gasteiger partial charge in [-0.1, -0.05) is 0 Å². The Morgan fingerprint density at radius 1 is 1.21 bits per heavy atom. The van der Waals surface area contributed by atoms with E-state index in [4.69, 9.17) is 0 Å². The lowest BCUT2D eigenvalue weighted by atomic mass is 10.1. The van der Waals surface area contributed by atoms with Gasteiger partial charge in [0.05, 0.1) is 36.4 Å². The highest BCUT2D eigenvalue weighted by Gasteiger charge is 2.28. The molecule has 1 aliphatic rings. The Kier molecular flexibility index (Phi) is 5.54. The van der Waals surface area contributed by atoms with Crippen LogP contribution in [-0.2, 0) is 4.79 Å². The third kappa shape index (κ3) is 4.49. The maximum absolute atomic E-state index is 12.9. The normalized spacial score (nSPS) is 16.8. The highest BCUT2D eigenvalue weighted by Crippen LogP contribution is 2.31. The van der Waals surface area contributed by atoms with Crippen molar-refractivity contribution in [2.75, 3.05) is 23.7 Å². The molecule has 0 radical (unpaired) electrons. The van der Waals surface area contributed by atoms with Gasteiger partial charge in [0.1, 0.15) is 11.6 Å². The molecular weight excluding hydrogens is 379 g/mol. The van der Waals surface area contributed by atoms with E-state index in [0.29, 0.717) is 17.5 Å². The fourth-order valence-corrected chi connectivity index (χ4v) is 3.80. The number of hydrogen-bond acceptors (Lipinski definition) is 7. The summed E-state index contributed by atoms with van der Waals surface area (Å²) in [6.07, 6.45) is 6.55. The van der Waals surface area contributed by atoms with E-state index < -0.39 is 0 Å². The molecule has 1 aliphatic heterocycles. The maximum atomic E-state index is 12.9. The number of nitrogens with zero attached hydrogens (tertiary/aromatic N) is 4. The zero-order valence-electron chi connectivity index (χ0n) is 15.0. The van der Waals surface area contributed by atoms with Gasteiger partial charge in [-0.25, -0.2) is 14.4 Å². The van der Waals surface area contributed by atoms with Crippen molar-refractivity contribution in [2.45, 2.75) is 18.9 Å². The van der Waals surface area contributed by atoms with E-state index >= 15 is 0 Å². The standard InChI is InChI=1S/C19H19FN6OS/c20-13-3-6-17(23-10-13)24-14-4-5-15(22-11-14)16-2-1-8-26(16)12-18(27)25-19-21-7-9-28-19/h3-7,9-11,16H,1-2,8,12H2,(H,23,24)(H,21,25,27)/t16-/m0/s1. The molecule has 1 amide bonds. The summed E-state index contributed by atoms with van der Waals surface area (Å²) in [7, 11) is 0. The average Bonchev–Trinajstić information content (AvgIpc) is 3.36. The maximum Gasteiger partial charge on any atom is 0.240 e. The number of carbonyl (C=O) groups is 1. The molecule has 0 aliphatic carbocycles. The van der Waals surface area contributed by atoms with Crippen LogP contribution in [0.15, 0.2) is 48.2 Å². The van der Waals surface area contributed by atoms with E-state index in [2.05, 4.69) is 30.5 Å². The second kappa shape index (κ2) is 8.41. The first kappa shape index (κ1) is 18.5. The zero-order chi connectivity index (χ0) is 19.3. The topological polar surface area (TPSA) is 83.0 Å². The molecule has 9 heteroatoms. The first-order chi connectivity index (χ1) is 13.7. The minimum Gasteiger partial charge on any atom is -0.339 e. The van der Waals surface area contributed by atoms with Crippen LogP contribution in [0.4, 0.5) is 21.0 Å². The third-order valence-corrected chi connectivity index (χ3v) is 5.21. The third-order valence-electron chi connectivity index (χ3n) is 4.52. The van der Waals surface area contributed by atoms with E-state index in [0.717, 1.165) is 37.0 Å². The fraction of sp³-hybridized carbons (Fsp3) is 0.263. The lowest BCUT2D eigenvalue weighted by Gasteiger charge is -2.23. The Morgan fingerprint density at radius 3 is 2.86 bits per heavy atom. The number of anilines is 3. The predicted molar refractivity (Wildman–Crippen MR) is 106 cm³/mol. The minimum atomic E-state index is -0.376. The van der Waals surface area contributed by atoms with E-state index in [1.807, 2.05) is 17.5 Å². The molecule has 1 fully saturated rings. The van der Waals surface area contributed by atoms with Gasteiger partial charge >= 0.3 is 0 Å². The number of likely N-dealkylation sites (tertiary alicyclic amines) is 1. The number of rotatable bonds is 6. The van der Waals surface area contributed by atoms with E-state index in [-0.39, 0.29) is 17.8 Å². The van der Waals surface area contributed by atoms with Crippen LogP contribution < -0.4 is 10.6 Å². The van der Waals surface area contributed by atoms with Crippen molar-refractivity contribution in [1.82, 2.24) is 19.9 Å². The largest absolute Gasteiger partial charge is 0.339 e. The molecule has 1 atom stereocenters. The van der Waals surface area contributed by atoms with Crippen LogP contribution in [-0.4, -0.2) is 38.8 Å². The first-order valence-corrected chi connectivity index (χ1v) is 9.83. The van der Waals surface area contributed by atoms with Gasteiger partial charge < -0.3 is 10.6 Å². The molecule has 0 spiro atoms. The fourth-order valence-electron chi connectivity index (χ4n) is 3.25. The molecule has 1 saturated heterocycles. The molecule has 3 aromatic rings. The molecule has 28 heavy (non-hydrogen) atoms. The van der Waals surface area contributed by atoms with E-state index in [9.17, 15) is 9.18 Å². The first-order valence-electron chi connectivity index (χ1n) is 8.95. The van der Waals surface area contributed by atoms with Crippen LogP contribution in [0.25, 0.3) is 0 Å². The van der Waals surface area contributed by atoms with Gasteiger partial charge in [0, 0.05) is 11.6 Å². The van der Waals surface area contributed by atoms with Gasteiger partial charge in [-0.05, 0) is 43.7 Å². The van der Waals surface area contributed by atoms with Crippen LogP contribution in [0.2, 0.25) is 0 Å². The van der Waals surface area contributed by atoms with Gasteiger partial charge in [-0.3, -0.25) is 14.7 Å². The molecular formula is C19H19FN6OS. The smallest absolute Gasteiger partial charge is 0.240 e. The van der Waals surface area contributed by atoms with Gasteiger partial charge in [0.2, 0.25) is 5.91 Å². The van der Waals surface area contributed by atoms with Crippen molar-refractivity contribution in [2.24, 2.45) is 0 Å². The molecule has 3 aromatic heterocycles. The summed E-state index contributed by atoms with van der Waals surface area (Å²) in [6, 6.07) is 6.90. The highest BCUT2D eigenvalue weighted by atomic mass is 32.1. The average molecular weight is 398 g/mol. The SMILES string of the molecule is O=C(CN1CCC[C@H]1c1ccc(Nc2ccc(F)cn2)cn1)Nc1nccs1. The number of pyridine rings is 2. The van der Waals surface area contributed by atoms with Gasteiger partial charge in [0.15, 0.2) is 5.13 Å². The number of nitrogens with one attached hydrogen (secondary N) is 2. The summed E-state index contributed by atoms with van der Waals surface area (Å²) in [5.41, 5.74) is 1.70. The Bertz CT molecular complexity index is 917. The molecule has 0 saturated carbocycles. The summed E-state index contributed by atoms with van der Waals surface area (Å²) in [4.78, 5) is 27.0. The lowest BCUT2D eigenvalue weighted by molar-refractivity contribution is -0.117. The lowest BCUT2D eigenvalue weighted by Crippen LogP contribution is -2.33. The Hall–Kier alpha value is -2.91.